The molecule has 0 aromatic carbocycles. The SMILES string of the molecule is CC(C)[C@@H]1CC[C@@H](C)C[C@@H]1OCC(=O)NCCNC(=O)c1cccnc1. The molecule has 1 heterocycles. The molecule has 2 N–H and O–H groups in total. The van der Waals surface area contributed by atoms with E-state index in [-0.39, 0.29) is 24.5 Å². The van der Waals surface area contributed by atoms with Crippen LogP contribution in [-0.4, -0.2) is 42.6 Å². The summed E-state index contributed by atoms with van der Waals surface area (Å²) in [7, 11) is 0. The Morgan fingerprint density at radius 1 is 1.27 bits per heavy atom. The fraction of sp³-hybridized carbons (Fsp3) is 0.650. The molecule has 26 heavy (non-hydrogen) atoms. The topological polar surface area (TPSA) is 80.3 Å². The average Bonchev–Trinajstić information content (AvgIpc) is 2.64. The molecule has 1 aromatic rings. The molecule has 2 rings (SSSR count). The molecule has 2 amide bonds. The zero-order chi connectivity index (χ0) is 18.9. The number of aromatic nitrogens is 1. The summed E-state index contributed by atoms with van der Waals surface area (Å²) in [6.07, 6.45) is 6.73. The van der Waals surface area contributed by atoms with Crippen molar-refractivity contribution in [2.75, 3.05) is 19.7 Å². The van der Waals surface area contributed by atoms with Crippen LogP contribution in [0.1, 0.15) is 50.4 Å². The van der Waals surface area contributed by atoms with Crippen molar-refractivity contribution in [2.45, 2.75) is 46.1 Å². The van der Waals surface area contributed by atoms with Gasteiger partial charge in [0.2, 0.25) is 5.91 Å². The van der Waals surface area contributed by atoms with Crippen molar-refractivity contribution in [3.8, 4) is 0 Å². The second-order valence-corrected chi connectivity index (χ2v) is 7.52. The monoisotopic (exact) mass is 361 g/mol. The lowest BCUT2D eigenvalue weighted by molar-refractivity contribution is -0.131. The number of hydrogen-bond acceptors (Lipinski definition) is 4. The molecule has 1 aliphatic rings. The smallest absolute Gasteiger partial charge is 0.252 e. The first-order chi connectivity index (χ1) is 12.5. The number of carbonyl (C=O) groups is 2. The number of carbonyl (C=O) groups excluding carboxylic acids is 2. The molecule has 1 aromatic heterocycles. The van der Waals surface area contributed by atoms with Crippen LogP contribution in [0, 0.1) is 17.8 Å². The Kier molecular flexibility index (Phi) is 8.04. The van der Waals surface area contributed by atoms with Crippen LogP contribution >= 0.6 is 0 Å². The number of ether oxygens (including phenoxy) is 1. The van der Waals surface area contributed by atoms with Crippen molar-refractivity contribution in [2.24, 2.45) is 17.8 Å². The van der Waals surface area contributed by atoms with E-state index in [2.05, 4.69) is 36.4 Å². The van der Waals surface area contributed by atoms with Crippen LogP contribution in [0.25, 0.3) is 0 Å². The van der Waals surface area contributed by atoms with Gasteiger partial charge in [0, 0.05) is 25.5 Å². The van der Waals surface area contributed by atoms with Crippen molar-refractivity contribution < 1.29 is 14.3 Å². The second-order valence-electron chi connectivity index (χ2n) is 7.52. The molecule has 0 aliphatic heterocycles. The summed E-state index contributed by atoms with van der Waals surface area (Å²) in [6.45, 7) is 7.52. The highest BCUT2D eigenvalue weighted by molar-refractivity contribution is 5.93. The molecule has 1 saturated carbocycles. The van der Waals surface area contributed by atoms with Crippen LogP contribution in [0.2, 0.25) is 0 Å². The Hall–Kier alpha value is -1.95. The van der Waals surface area contributed by atoms with Crippen LogP contribution in [-0.2, 0) is 9.53 Å². The fourth-order valence-corrected chi connectivity index (χ4v) is 3.52. The van der Waals surface area contributed by atoms with E-state index in [1.165, 1.54) is 19.0 Å². The lowest BCUT2D eigenvalue weighted by Crippen LogP contribution is -2.39. The van der Waals surface area contributed by atoms with Crippen LogP contribution in [0.15, 0.2) is 24.5 Å². The summed E-state index contributed by atoms with van der Waals surface area (Å²) in [5.74, 6) is 1.41. The van der Waals surface area contributed by atoms with E-state index in [1.54, 1.807) is 18.3 Å². The van der Waals surface area contributed by atoms with Gasteiger partial charge in [0.15, 0.2) is 0 Å². The molecule has 1 aliphatic carbocycles. The molecular weight excluding hydrogens is 330 g/mol. The maximum atomic E-state index is 12.0. The van der Waals surface area contributed by atoms with Crippen LogP contribution in [0.3, 0.4) is 0 Å². The van der Waals surface area contributed by atoms with Gasteiger partial charge in [0.25, 0.3) is 5.91 Å². The maximum Gasteiger partial charge on any atom is 0.252 e. The summed E-state index contributed by atoms with van der Waals surface area (Å²) in [5, 5.41) is 5.54. The van der Waals surface area contributed by atoms with E-state index in [4.69, 9.17) is 4.74 Å². The van der Waals surface area contributed by atoms with E-state index in [1.807, 2.05) is 0 Å². The Bertz CT molecular complexity index is 577. The number of amides is 2. The third kappa shape index (κ3) is 6.41. The van der Waals surface area contributed by atoms with Crippen molar-refractivity contribution >= 4 is 11.8 Å². The van der Waals surface area contributed by atoms with Crippen LogP contribution in [0.4, 0.5) is 0 Å². The summed E-state index contributed by atoms with van der Waals surface area (Å²) >= 11 is 0. The molecule has 0 radical (unpaired) electrons. The molecule has 0 bridgehead atoms. The zero-order valence-electron chi connectivity index (χ0n) is 16.0. The van der Waals surface area contributed by atoms with Crippen LogP contribution in [0.5, 0.6) is 0 Å². The predicted molar refractivity (Wildman–Crippen MR) is 101 cm³/mol. The van der Waals surface area contributed by atoms with Gasteiger partial charge in [-0.2, -0.15) is 0 Å². The standard InChI is InChI=1S/C20H31N3O3/c1-14(2)17-7-6-15(3)11-18(17)26-13-19(24)22-9-10-23-20(25)16-5-4-8-21-12-16/h4-5,8,12,14-15,17-18H,6-7,9-11,13H2,1-3H3,(H,22,24)(H,23,25)/t15-,17+,18+/m1/s1. The molecule has 1 fully saturated rings. The second kappa shape index (κ2) is 10.3. The normalized spacial score (nSPS) is 22.8. The maximum absolute atomic E-state index is 12.0. The lowest BCUT2D eigenvalue weighted by atomic mass is 9.75. The molecule has 144 valence electrons. The number of rotatable bonds is 8. The first kappa shape index (κ1) is 20.4. The zero-order valence-corrected chi connectivity index (χ0v) is 16.0. The largest absolute Gasteiger partial charge is 0.368 e. The van der Waals surface area contributed by atoms with Crippen molar-refractivity contribution in [3.63, 3.8) is 0 Å². The van der Waals surface area contributed by atoms with Crippen molar-refractivity contribution in [1.29, 1.82) is 0 Å². The van der Waals surface area contributed by atoms with Gasteiger partial charge in [-0.3, -0.25) is 14.6 Å². The number of hydrogen-bond donors (Lipinski definition) is 2. The van der Waals surface area contributed by atoms with Gasteiger partial charge in [-0.25, -0.2) is 0 Å². The molecule has 3 atom stereocenters. The van der Waals surface area contributed by atoms with Gasteiger partial charge in [0.1, 0.15) is 6.61 Å². The van der Waals surface area contributed by atoms with Gasteiger partial charge in [-0.1, -0.05) is 27.2 Å². The number of pyridine rings is 1. The molecule has 6 heteroatoms. The van der Waals surface area contributed by atoms with Gasteiger partial charge in [0.05, 0.1) is 11.7 Å². The minimum Gasteiger partial charge on any atom is -0.368 e. The molecule has 0 unspecified atom stereocenters. The molecule has 0 spiro atoms. The first-order valence-electron chi connectivity index (χ1n) is 9.54. The molecule has 0 saturated heterocycles. The summed E-state index contributed by atoms with van der Waals surface area (Å²) < 4.78 is 5.93. The van der Waals surface area contributed by atoms with Gasteiger partial charge in [-0.05, 0) is 42.7 Å². The van der Waals surface area contributed by atoms with E-state index in [0.717, 1.165) is 6.42 Å². The Morgan fingerprint density at radius 3 is 2.73 bits per heavy atom. The average molecular weight is 361 g/mol. The van der Waals surface area contributed by atoms with Gasteiger partial charge >= 0.3 is 0 Å². The van der Waals surface area contributed by atoms with E-state index in [9.17, 15) is 9.59 Å². The number of nitrogens with one attached hydrogen (secondary N) is 2. The highest BCUT2D eigenvalue weighted by Crippen LogP contribution is 2.35. The van der Waals surface area contributed by atoms with E-state index in [0.29, 0.717) is 36.4 Å². The van der Waals surface area contributed by atoms with E-state index >= 15 is 0 Å². The minimum absolute atomic E-state index is 0.0805. The molecule has 6 nitrogen and oxygen atoms in total. The van der Waals surface area contributed by atoms with Gasteiger partial charge < -0.3 is 15.4 Å². The van der Waals surface area contributed by atoms with Crippen molar-refractivity contribution in [3.05, 3.63) is 30.1 Å². The number of nitrogens with zero attached hydrogens (tertiary/aromatic N) is 1. The third-order valence-electron chi connectivity index (χ3n) is 5.05. The highest BCUT2D eigenvalue weighted by Gasteiger charge is 2.31. The Balaban J connectivity index is 1.64. The van der Waals surface area contributed by atoms with Crippen LogP contribution < -0.4 is 10.6 Å². The Morgan fingerprint density at radius 2 is 2.04 bits per heavy atom. The minimum atomic E-state index is -0.195. The Labute approximate surface area is 156 Å². The summed E-state index contributed by atoms with van der Waals surface area (Å²) in [4.78, 5) is 27.8. The molecular formula is C20H31N3O3. The van der Waals surface area contributed by atoms with E-state index < -0.39 is 0 Å². The fourth-order valence-electron chi connectivity index (χ4n) is 3.52. The first-order valence-corrected chi connectivity index (χ1v) is 9.54. The summed E-state index contributed by atoms with van der Waals surface area (Å²) in [6, 6.07) is 3.41. The summed E-state index contributed by atoms with van der Waals surface area (Å²) in [5.41, 5.74) is 0.508. The van der Waals surface area contributed by atoms with Gasteiger partial charge in [-0.15, -0.1) is 0 Å². The quantitative estimate of drug-likeness (QED) is 0.697. The predicted octanol–water partition coefficient (Wildman–Crippen LogP) is 2.40. The van der Waals surface area contributed by atoms with Crippen molar-refractivity contribution in [1.82, 2.24) is 15.6 Å². The lowest BCUT2D eigenvalue weighted by Gasteiger charge is -2.37. The highest BCUT2D eigenvalue weighted by atomic mass is 16.5. The third-order valence-corrected chi connectivity index (χ3v) is 5.05.